The third-order valence-electron chi connectivity index (χ3n) is 10.2. The first-order chi connectivity index (χ1) is 21.9. The molecule has 2 fully saturated rings. The summed E-state index contributed by atoms with van der Waals surface area (Å²) >= 11 is 0. The van der Waals surface area contributed by atoms with E-state index in [1.165, 1.54) is 24.8 Å². The van der Waals surface area contributed by atoms with E-state index in [0.717, 1.165) is 75.0 Å². The second kappa shape index (κ2) is 18.2. The predicted octanol–water partition coefficient (Wildman–Crippen LogP) is 9.35. The van der Waals surface area contributed by atoms with E-state index in [4.69, 9.17) is 5.11 Å². The number of hydrogen-bond donors (Lipinski definition) is 1. The number of anilines is 1. The fourth-order valence-corrected chi connectivity index (χ4v) is 6.41. The molecule has 1 aliphatic heterocycles. The van der Waals surface area contributed by atoms with Gasteiger partial charge in [-0.15, -0.1) is 0 Å². The van der Waals surface area contributed by atoms with Gasteiger partial charge in [0.05, 0.1) is 5.56 Å². The first-order valence-electron chi connectivity index (χ1n) is 17.6. The van der Waals surface area contributed by atoms with Crippen molar-refractivity contribution in [3.63, 3.8) is 0 Å². The monoisotopic (exact) mass is 630 g/mol. The first-order valence-corrected chi connectivity index (χ1v) is 17.6. The fraction of sp³-hybridized carbons (Fsp3) is 0.575. The second-order valence-electron chi connectivity index (χ2n) is 13.7. The van der Waals surface area contributed by atoms with Gasteiger partial charge in [0.25, 0.3) is 0 Å². The van der Waals surface area contributed by atoms with Crippen LogP contribution in [0.2, 0.25) is 0 Å². The number of aryl methyl sites for hydroxylation is 1. The summed E-state index contributed by atoms with van der Waals surface area (Å²) in [6.07, 6.45) is 10.7. The largest absolute Gasteiger partial charge is 0.478 e. The number of ketones is 1. The van der Waals surface area contributed by atoms with E-state index in [-0.39, 0.29) is 17.7 Å². The summed E-state index contributed by atoms with van der Waals surface area (Å²) in [5.74, 6) is 0.721. The summed E-state index contributed by atoms with van der Waals surface area (Å²) in [4.78, 5) is 39.5. The molecule has 6 heteroatoms. The Morgan fingerprint density at radius 3 is 2.15 bits per heavy atom. The van der Waals surface area contributed by atoms with E-state index >= 15 is 0 Å². The number of nitrogens with zero attached hydrogens (tertiary/aromatic N) is 2. The minimum Gasteiger partial charge on any atom is -0.478 e. The van der Waals surface area contributed by atoms with Crippen molar-refractivity contribution in [2.24, 2.45) is 11.8 Å². The maximum atomic E-state index is 12.3. The number of carbonyl (C=O) groups is 3. The summed E-state index contributed by atoms with van der Waals surface area (Å²) < 4.78 is 0. The predicted molar refractivity (Wildman–Crippen MR) is 190 cm³/mol. The van der Waals surface area contributed by atoms with Gasteiger partial charge in [-0.25, -0.2) is 4.79 Å². The second-order valence-corrected chi connectivity index (χ2v) is 13.7. The molecule has 1 N–H and O–H groups in total. The molecular formula is C40H58N2O4. The zero-order valence-corrected chi connectivity index (χ0v) is 29.5. The SMILES string of the molecule is CCC(C)C(=O)C(C)CCC(C)=C1CCC1.CCCC(=O)N(C)c1cc(C2CCN(Cc3ccc(C(=O)O)cc3)CC2)ccc1C. The summed E-state index contributed by atoms with van der Waals surface area (Å²) in [6, 6.07) is 13.7. The van der Waals surface area contributed by atoms with Crippen LogP contribution >= 0.6 is 0 Å². The quantitative estimate of drug-likeness (QED) is 0.223. The molecule has 4 rings (SSSR count). The lowest BCUT2D eigenvalue weighted by Gasteiger charge is -2.33. The number of Topliss-reactive ketones (excluding diaryl/α,β-unsaturated/α-hetero) is 1. The minimum absolute atomic E-state index is 0.168. The molecular weight excluding hydrogens is 572 g/mol. The molecule has 1 amide bonds. The highest BCUT2D eigenvalue weighted by Gasteiger charge is 2.23. The third-order valence-corrected chi connectivity index (χ3v) is 10.2. The van der Waals surface area contributed by atoms with Crippen molar-refractivity contribution in [2.45, 2.75) is 118 Å². The van der Waals surface area contributed by atoms with E-state index in [0.29, 0.717) is 23.7 Å². The molecule has 2 aromatic rings. The van der Waals surface area contributed by atoms with Crippen LogP contribution in [-0.2, 0) is 16.1 Å². The van der Waals surface area contributed by atoms with Gasteiger partial charge in [-0.3, -0.25) is 14.5 Å². The summed E-state index contributed by atoms with van der Waals surface area (Å²) in [5.41, 5.74) is 8.15. The minimum atomic E-state index is -0.887. The van der Waals surface area contributed by atoms with Gasteiger partial charge < -0.3 is 10.0 Å². The van der Waals surface area contributed by atoms with Crippen LogP contribution in [0.5, 0.6) is 0 Å². The average Bonchev–Trinajstić information content (AvgIpc) is 3.03. The van der Waals surface area contributed by atoms with Gasteiger partial charge >= 0.3 is 5.97 Å². The number of likely N-dealkylation sites (tertiary alicyclic amines) is 1. The molecule has 1 saturated heterocycles. The third kappa shape index (κ3) is 10.7. The van der Waals surface area contributed by atoms with Crippen LogP contribution in [-0.4, -0.2) is 47.8 Å². The number of carboxylic acid groups (broad SMARTS) is 1. The highest BCUT2D eigenvalue weighted by atomic mass is 16.4. The number of piperidine rings is 1. The molecule has 1 heterocycles. The Morgan fingerprint density at radius 2 is 1.61 bits per heavy atom. The van der Waals surface area contributed by atoms with Crippen molar-refractivity contribution in [3.8, 4) is 0 Å². The number of aromatic carboxylic acids is 1. The standard InChI is InChI=1S/C25H32N2O3.C15H26O/c1-4-5-24(28)26(3)23-16-22(9-6-18(23)2)20-12-14-27(15-13-20)17-19-7-10-21(11-8-19)25(29)30;1-5-11(2)15(16)13(4)10-9-12(3)14-7-6-8-14/h6-11,16,20H,4-5,12-15,17H2,1-3H3,(H,29,30);11,13H,5-10H2,1-4H3. The van der Waals surface area contributed by atoms with Gasteiger partial charge in [-0.2, -0.15) is 0 Å². The summed E-state index contributed by atoms with van der Waals surface area (Å²) in [7, 11) is 1.88. The lowest BCUT2D eigenvalue weighted by atomic mass is 9.84. The molecule has 2 unspecified atom stereocenters. The molecule has 0 radical (unpaired) electrons. The van der Waals surface area contributed by atoms with Gasteiger partial charge in [0.2, 0.25) is 5.91 Å². The molecule has 252 valence electrons. The number of carboxylic acids is 1. The average molecular weight is 631 g/mol. The Balaban J connectivity index is 0.000000304. The molecule has 2 atom stereocenters. The molecule has 1 aliphatic carbocycles. The Labute approximate surface area is 278 Å². The zero-order chi connectivity index (χ0) is 33.8. The lowest BCUT2D eigenvalue weighted by molar-refractivity contribution is -0.126. The van der Waals surface area contributed by atoms with Crippen LogP contribution in [0.1, 0.15) is 132 Å². The lowest BCUT2D eigenvalue weighted by Crippen LogP contribution is -2.32. The number of rotatable bonds is 13. The molecule has 0 spiro atoms. The van der Waals surface area contributed by atoms with Gasteiger partial charge in [-0.05, 0) is 126 Å². The van der Waals surface area contributed by atoms with Crippen molar-refractivity contribution in [2.75, 3.05) is 25.0 Å². The number of carbonyl (C=O) groups excluding carboxylic acids is 2. The van der Waals surface area contributed by atoms with Crippen LogP contribution in [0.25, 0.3) is 0 Å². The van der Waals surface area contributed by atoms with Crippen LogP contribution in [0.4, 0.5) is 5.69 Å². The number of allylic oxidation sites excluding steroid dienone is 2. The van der Waals surface area contributed by atoms with Crippen molar-refractivity contribution in [3.05, 3.63) is 75.9 Å². The van der Waals surface area contributed by atoms with Gasteiger partial charge in [0.15, 0.2) is 0 Å². The van der Waals surface area contributed by atoms with Crippen molar-refractivity contribution in [1.29, 1.82) is 0 Å². The van der Waals surface area contributed by atoms with Crippen LogP contribution in [0.15, 0.2) is 53.6 Å². The van der Waals surface area contributed by atoms with Gasteiger partial charge in [-0.1, -0.05) is 63.1 Å². The van der Waals surface area contributed by atoms with E-state index in [1.807, 2.05) is 26.1 Å². The van der Waals surface area contributed by atoms with Crippen molar-refractivity contribution >= 4 is 23.3 Å². The topological polar surface area (TPSA) is 77.9 Å². The highest BCUT2D eigenvalue weighted by Crippen LogP contribution is 2.33. The first kappa shape index (κ1) is 37.2. The summed E-state index contributed by atoms with van der Waals surface area (Å²) in [5, 5.41) is 9.03. The van der Waals surface area contributed by atoms with Crippen LogP contribution in [0, 0.1) is 18.8 Å². The normalized spacial score (nSPS) is 16.5. The van der Waals surface area contributed by atoms with E-state index in [9.17, 15) is 14.4 Å². The van der Waals surface area contributed by atoms with Gasteiger partial charge in [0, 0.05) is 37.5 Å². The number of benzene rings is 2. The highest BCUT2D eigenvalue weighted by molar-refractivity contribution is 5.93. The van der Waals surface area contributed by atoms with Crippen LogP contribution < -0.4 is 4.90 Å². The molecule has 46 heavy (non-hydrogen) atoms. The van der Waals surface area contributed by atoms with E-state index < -0.39 is 5.97 Å². The van der Waals surface area contributed by atoms with Crippen molar-refractivity contribution < 1.29 is 19.5 Å². The fourth-order valence-electron chi connectivity index (χ4n) is 6.41. The molecule has 1 saturated carbocycles. The van der Waals surface area contributed by atoms with E-state index in [2.05, 4.69) is 57.7 Å². The van der Waals surface area contributed by atoms with Gasteiger partial charge in [0.1, 0.15) is 5.78 Å². The van der Waals surface area contributed by atoms with Crippen molar-refractivity contribution in [1.82, 2.24) is 4.90 Å². The van der Waals surface area contributed by atoms with E-state index in [1.54, 1.807) is 28.2 Å². The molecule has 6 nitrogen and oxygen atoms in total. The smallest absolute Gasteiger partial charge is 0.335 e. The van der Waals surface area contributed by atoms with Crippen LogP contribution in [0.3, 0.4) is 0 Å². The Morgan fingerprint density at radius 1 is 0.957 bits per heavy atom. The Bertz CT molecular complexity index is 1330. The Kier molecular flexibility index (Phi) is 14.7. The number of hydrogen-bond acceptors (Lipinski definition) is 4. The number of amides is 1. The zero-order valence-electron chi connectivity index (χ0n) is 29.5. The Hall–Kier alpha value is -3.25. The molecule has 2 aliphatic rings. The maximum absolute atomic E-state index is 12.3. The molecule has 0 bridgehead atoms. The maximum Gasteiger partial charge on any atom is 0.335 e. The summed E-state index contributed by atoms with van der Waals surface area (Å²) in [6.45, 7) is 15.4. The molecule has 2 aromatic carbocycles. The molecule has 0 aromatic heterocycles.